The van der Waals surface area contributed by atoms with Crippen LogP contribution in [0.4, 0.5) is 0 Å². The van der Waals surface area contributed by atoms with Gasteiger partial charge in [-0.2, -0.15) is 0 Å². The zero-order valence-corrected chi connectivity index (χ0v) is 20.9. The van der Waals surface area contributed by atoms with Crippen molar-refractivity contribution in [2.24, 2.45) is 0 Å². The van der Waals surface area contributed by atoms with Crippen LogP contribution in [-0.4, -0.2) is 59.8 Å². The van der Waals surface area contributed by atoms with Crippen molar-refractivity contribution in [1.82, 2.24) is 59.8 Å². The Morgan fingerprint density at radius 3 is 0.514 bits per heavy atom. The number of rotatable bonds is 3. The first-order chi connectivity index (χ1) is 17.9. The van der Waals surface area contributed by atoms with E-state index in [1.54, 1.807) is 112 Å². The van der Waals surface area contributed by atoms with E-state index in [0.717, 1.165) is 34.2 Å². The zero-order chi connectivity index (χ0) is 24.7. The quantitative estimate of drug-likeness (QED) is 0.285. The Bertz CT molecular complexity index is 1110. The van der Waals surface area contributed by atoms with Crippen molar-refractivity contribution in [2.75, 3.05) is 0 Å². The van der Waals surface area contributed by atoms with E-state index in [1.807, 2.05) is 0 Å². The van der Waals surface area contributed by atoms with Gasteiger partial charge in [0.15, 0.2) is 0 Å². The molecule has 0 amide bonds. The average molecular weight is 576 g/mol. The molecule has 0 fully saturated rings. The van der Waals surface area contributed by atoms with E-state index in [0.29, 0.717) is 0 Å². The minimum atomic E-state index is 0. The van der Waals surface area contributed by atoms with Crippen LogP contribution in [0.5, 0.6) is 0 Å². The molecule has 0 aliphatic carbocycles. The standard InChI is InChI=1S/3C8H6N4.Ru/c3*1-3-11-7(5-9-1)8-6-10-2-4-12-8;/h3*1-6H;/q;;;+1. The van der Waals surface area contributed by atoms with Crippen LogP contribution in [0.25, 0.3) is 34.2 Å². The van der Waals surface area contributed by atoms with E-state index < -0.39 is 0 Å². The van der Waals surface area contributed by atoms with Crippen LogP contribution in [0, 0.1) is 0 Å². The van der Waals surface area contributed by atoms with Gasteiger partial charge in [-0.05, 0) is 0 Å². The summed E-state index contributed by atoms with van der Waals surface area (Å²) in [5, 5.41) is 0. The Balaban J connectivity index is 0.000000152. The van der Waals surface area contributed by atoms with Gasteiger partial charge < -0.3 is 0 Å². The summed E-state index contributed by atoms with van der Waals surface area (Å²) in [6.45, 7) is 0. The third-order valence-electron chi connectivity index (χ3n) is 4.17. The van der Waals surface area contributed by atoms with Gasteiger partial charge in [-0.3, -0.25) is 59.8 Å². The van der Waals surface area contributed by atoms with E-state index in [1.165, 1.54) is 0 Å². The van der Waals surface area contributed by atoms with Crippen LogP contribution < -0.4 is 0 Å². The number of aromatic nitrogens is 12. The van der Waals surface area contributed by atoms with Crippen LogP contribution in [-0.2, 0) is 19.5 Å². The fourth-order valence-corrected chi connectivity index (χ4v) is 2.59. The summed E-state index contributed by atoms with van der Waals surface area (Å²) in [6.07, 6.45) is 29.5. The van der Waals surface area contributed by atoms with Crippen LogP contribution in [0.1, 0.15) is 0 Å². The number of hydrogen-bond acceptors (Lipinski definition) is 12. The molecule has 6 rings (SSSR count). The molecule has 6 heterocycles. The van der Waals surface area contributed by atoms with Crippen LogP contribution in [0.3, 0.4) is 0 Å². The molecule has 0 spiro atoms. The number of hydrogen-bond donors (Lipinski definition) is 0. The zero-order valence-electron chi connectivity index (χ0n) is 19.1. The summed E-state index contributed by atoms with van der Waals surface area (Å²) in [5.74, 6) is 0. The van der Waals surface area contributed by atoms with E-state index in [-0.39, 0.29) is 19.5 Å². The van der Waals surface area contributed by atoms with Crippen molar-refractivity contribution in [3.8, 4) is 34.2 Å². The van der Waals surface area contributed by atoms with E-state index in [2.05, 4.69) is 59.8 Å². The molecule has 12 nitrogen and oxygen atoms in total. The molecule has 37 heavy (non-hydrogen) atoms. The van der Waals surface area contributed by atoms with Gasteiger partial charge in [0.2, 0.25) is 0 Å². The second kappa shape index (κ2) is 15.2. The molecule has 0 bridgehead atoms. The Hall–Kier alpha value is -4.90. The van der Waals surface area contributed by atoms with Gasteiger partial charge in [0.1, 0.15) is 34.2 Å². The smallest absolute Gasteiger partial charge is 0.261 e. The molecular weight excluding hydrogens is 557 g/mol. The van der Waals surface area contributed by atoms with Gasteiger partial charge in [-0.1, -0.05) is 0 Å². The second-order valence-corrected chi connectivity index (χ2v) is 6.54. The molecule has 0 saturated heterocycles. The third kappa shape index (κ3) is 8.68. The van der Waals surface area contributed by atoms with Crippen LogP contribution in [0.15, 0.2) is 112 Å². The Labute approximate surface area is 224 Å². The number of nitrogens with zero attached hydrogens (tertiary/aromatic N) is 12. The molecule has 0 atom stereocenters. The normalized spacial score (nSPS) is 9.41. The van der Waals surface area contributed by atoms with Crippen molar-refractivity contribution in [2.45, 2.75) is 0 Å². The molecule has 181 valence electrons. The maximum atomic E-state index is 4.08. The molecular formula is C24H18N12Ru+. The average Bonchev–Trinajstić information content (AvgIpc) is 3.01. The monoisotopic (exact) mass is 576 g/mol. The summed E-state index contributed by atoms with van der Waals surface area (Å²) in [5.41, 5.74) is 4.45. The maximum absolute atomic E-state index is 4.08. The fourth-order valence-electron chi connectivity index (χ4n) is 2.59. The fraction of sp³-hybridized carbons (Fsp3) is 0. The molecule has 1 radical (unpaired) electrons. The summed E-state index contributed by atoms with van der Waals surface area (Å²) >= 11 is 0. The molecule has 6 aromatic heterocycles. The SMILES string of the molecule is [Ru+].c1cnc(-c2cnccn2)cn1.c1cnc(-c2cnccn2)cn1.c1cnc(-c2cnccn2)cn1. The predicted molar refractivity (Wildman–Crippen MR) is 129 cm³/mol. The van der Waals surface area contributed by atoms with Crippen molar-refractivity contribution < 1.29 is 19.5 Å². The second-order valence-electron chi connectivity index (χ2n) is 6.54. The summed E-state index contributed by atoms with van der Waals surface area (Å²) in [7, 11) is 0. The summed E-state index contributed by atoms with van der Waals surface area (Å²) in [4.78, 5) is 48.1. The first kappa shape index (κ1) is 26.7. The van der Waals surface area contributed by atoms with E-state index in [9.17, 15) is 0 Å². The van der Waals surface area contributed by atoms with E-state index >= 15 is 0 Å². The van der Waals surface area contributed by atoms with Gasteiger partial charge in [-0.15, -0.1) is 0 Å². The predicted octanol–water partition coefficient (Wildman–Crippen LogP) is 2.80. The first-order valence-corrected chi connectivity index (χ1v) is 10.5. The van der Waals surface area contributed by atoms with Gasteiger partial charge >= 0.3 is 19.5 Å². The molecule has 0 unspecified atom stereocenters. The van der Waals surface area contributed by atoms with Crippen LogP contribution >= 0.6 is 0 Å². The van der Waals surface area contributed by atoms with Gasteiger partial charge in [0.25, 0.3) is 0 Å². The largest absolute Gasteiger partial charge is 1.00 e. The van der Waals surface area contributed by atoms with E-state index in [4.69, 9.17) is 0 Å². The first-order valence-electron chi connectivity index (χ1n) is 10.5. The molecule has 0 aromatic carbocycles. The minimum Gasteiger partial charge on any atom is -0.261 e. The topological polar surface area (TPSA) is 155 Å². The maximum Gasteiger partial charge on any atom is 1.00 e. The summed E-state index contributed by atoms with van der Waals surface area (Å²) < 4.78 is 0. The molecule has 0 aliphatic heterocycles. The Kier molecular flexibility index (Phi) is 10.9. The molecule has 13 heteroatoms. The van der Waals surface area contributed by atoms with Crippen molar-refractivity contribution in [3.05, 3.63) is 112 Å². The van der Waals surface area contributed by atoms with Crippen LogP contribution in [0.2, 0.25) is 0 Å². The summed E-state index contributed by atoms with van der Waals surface area (Å²) in [6, 6.07) is 0. The molecule has 0 saturated carbocycles. The molecule has 6 aromatic rings. The van der Waals surface area contributed by atoms with Crippen molar-refractivity contribution in [1.29, 1.82) is 0 Å². The third-order valence-corrected chi connectivity index (χ3v) is 4.17. The Morgan fingerprint density at radius 1 is 0.243 bits per heavy atom. The molecule has 0 aliphatic rings. The van der Waals surface area contributed by atoms with Crippen molar-refractivity contribution in [3.63, 3.8) is 0 Å². The van der Waals surface area contributed by atoms with Gasteiger partial charge in [0.05, 0.1) is 37.2 Å². The van der Waals surface area contributed by atoms with Crippen molar-refractivity contribution >= 4 is 0 Å². The van der Waals surface area contributed by atoms with Gasteiger partial charge in [0, 0.05) is 74.4 Å². The van der Waals surface area contributed by atoms with Gasteiger partial charge in [-0.25, -0.2) is 0 Å². The molecule has 0 N–H and O–H groups in total. The Morgan fingerprint density at radius 2 is 0.405 bits per heavy atom. The minimum absolute atomic E-state index is 0.